The quantitative estimate of drug-likeness (QED) is 0.162. The molecule has 0 atom stereocenters. The number of hydrogen-bond acceptors (Lipinski definition) is 6. The van der Waals surface area contributed by atoms with Crippen LogP contribution in [0.1, 0.15) is 0 Å². The van der Waals surface area contributed by atoms with Crippen LogP contribution in [0.15, 0.2) is 219 Å². The number of rotatable bonds is 4. The van der Waals surface area contributed by atoms with Crippen molar-refractivity contribution in [2.75, 3.05) is 19.6 Å². The zero-order chi connectivity index (χ0) is 40.4. The van der Waals surface area contributed by atoms with Gasteiger partial charge in [-0.3, -0.25) is 0 Å². The van der Waals surface area contributed by atoms with Crippen molar-refractivity contribution >= 4 is 67.3 Å². The Balaban J connectivity index is 0.000000132. The molecule has 12 rings (SSSR count). The molecule has 10 aromatic rings. The Bertz CT molecular complexity index is 2490. The van der Waals surface area contributed by atoms with Crippen molar-refractivity contribution in [3.05, 3.63) is 244 Å². The Morgan fingerprint density at radius 2 is 0.694 bits per heavy atom. The van der Waals surface area contributed by atoms with Gasteiger partial charge in [-0.25, -0.2) is 0 Å². The fourth-order valence-corrected chi connectivity index (χ4v) is 6.95. The first-order valence-corrected chi connectivity index (χ1v) is 19.5. The second-order valence-electron chi connectivity index (χ2n) is 13.7. The third-order valence-corrected chi connectivity index (χ3v) is 9.83. The van der Waals surface area contributed by atoms with E-state index in [1.54, 1.807) is 12.4 Å². The van der Waals surface area contributed by atoms with Gasteiger partial charge in [-0.1, -0.05) is 109 Å². The van der Waals surface area contributed by atoms with Crippen LogP contribution in [-0.2, 0) is 42.1 Å². The molecule has 8 aromatic carbocycles. The molecule has 0 bridgehead atoms. The minimum absolute atomic E-state index is 0. The van der Waals surface area contributed by atoms with Crippen LogP contribution >= 0.6 is 0 Å². The molecule has 0 spiro atoms. The Morgan fingerprint density at radius 3 is 1.06 bits per heavy atom. The largest absolute Gasteiger partial charge is 0.575 e. The first-order valence-electron chi connectivity index (χ1n) is 19.5. The summed E-state index contributed by atoms with van der Waals surface area (Å²) in [6, 6.07) is 76.0. The molecule has 0 aliphatic carbocycles. The van der Waals surface area contributed by atoms with E-state index in [-0.39, 0.29) is 42.1 Å². The van der Waals surface area contributed by atoms with Crippen molar-refractivity contribution < 1.29 is 42.1 Å². The summed E-state index contributed by atoms with van der Waals surface area (Å²) in [5.41, 5.74) is 11.0. The van der Waals surface area contributed by atoms with Gasteiger partial charge >= 0.3 is 0 Å². The molecule has 0 saturated carbocycles. The molecule has 0 fully saturated rings. The van der Waals surface area contributed by atoms with E-state index in [9.17, 15) is 0 Å². The van der Waals surface area contributed by atoms with E-state index in [1.165, 1.54) is 22.7 Å². The second kappa shape index (κ2) is 21.2. The van der Waals surface area contributed by atoms with E-state index < -0.39 is 0 Å². The molecule has 62 heavy (non-hydrogen) atoms. The summed E-state index contributed by atoms with van der Waals surface area (Å²) in [6.07, 6.45) is 3.52. The predicted octanol–water partition coefficient (Wildman–Crippen LogP) is 12.2. The molecule has 0 N–H and O–H groups in total. The van der Waals surface area contributed by atoms with Gasteiger partial charge in [-0.2, -0.15) is 60.7 Å². The minimum Gasteiger partial charge on any atom is -0.575 e. The number of benzene rings is 8. The topological polar surface area (TPSA) is 66.9 Å². The molecule has 8 nitrogen and oxygen atoms in total. The van der Waals surface area contributed by atoms with Crippen LogP contribution in [0, 0.1) is 25.5 Å². The van der Waals surface area contributed by atoms with Crippen molar-refractivity contribution in [2.24, 2.45) is 0 Å². The van der Waals surface area contributed by atoms with Crippen LogP contribution in [-0.4, -0.2) is 10.2 Å². The zero-order valence-corrected chi connectivity index (χ0v) is 37.7. The van der Waals surface area contributed by atoms with Crippen LogP contribution in [0.25, 0.3) is 21.8 Å². The van der Waals surface area contributed by atoms with E-state index in [2.05, 4.69) is 175 Å². The van der Waals surface area contributed by atoms with Crippen LogP contribution < -0.4 is 29.8 Å². The third-order valence-electron chi connectivity index (χ3n) is 9.83. The normalized spacial score (nSPS) is 12.0. The van der Waals surface area contributed by atoms with Crippen molar-refractivity contribution in [3.8, 4) is 0 Å². The average Bonchev–Trinajstić information content (AvgIpc) is 4.16. The monoisotopic (exact) mass is 1160 g/mol. The van der Waals surface area contributed by atoms with E-state index in [0.717, 1.165) is 44.6 Å². The van der Waals surface area contributed by atoms with Crippen LogP contribution in [0.5, 0.6) is 0 Å². The first kappa shape index (κ1) is 43.4. The third kappa shape index (κ3) is 9.90. The number of hydrogen-bond donors (Lipinski definition) is 0. The summed E-state index contributed by atoms with van der Waals surface area (Å²) < 4.78 is 0. The van der Waals surface area contributed by atoms with Gasteiger partial charge in [0.2, 0.25) is 0 Å². The number of anilines is 8. The number of para-hydroxylation sites is 8. The molecule has 2 aromatic heterocycles. The molecule has 2 aliphatic rings. The van der Waals surface area contributed by atoms with Gasteiger partial charge in [-0.15, -0.1) is 35.7 Å². The fraction of sp³-hybridized carbons (Fsp3) is 0. The maximum atomic E-state index is 3.87. The van der Waals surface area contributed by atoms with E-state index in [1.807, 2.05) is 97.1 Å². The summed E-state index contributed by atoms with van der Waals surface area (Å²) in [4.78, 5) is 8.75. The van der Waals surface area contributed by atoms with Gasteiger partial charge < -0.3 is 40.0 Å². The summed E-state index contributed by atoms with van der Waals surface area (Å²) in [7, 11) is 0. The minimum atomic E-state index is 0. The Hall–Kier alpha value is -6.72. The molecule has 0 radical (unpaired) electrons. The zero-order valence-electron chi connectivity index (χ0n) is 33.1. The van der Waals surface area contributed by atoms with Gasteiger partial charge in [0, 0.05) is 88.6 Å². The van der Waals surface area contributed by atoms with Gasteiger partial charge in [0.05, 0.1) is 0 Å². The smallest absolute Gasteiger partial charge is 0.0344 e. The molecule has 0 saturated heterocycles. The van der Waals surface area contributed by atoms with Gasteiger partial charge in [0.1, 0.15) is 0 Å². The molecule has 0 unspecified atom stereocenters. The van der Waals surface area contributed by atoms with Crippen LogP contribution in [0.2, 0.25) is 0 Å². The van der Waals surface area contributed by atoms with Crippen molar-refractivity contribution in [3.63, 3.8) is 0 Å². The summed E-state index contributed by atoms with van der Waals surface area (Å²) in [5, 5.41) is 17.5. The number of aromatic nitrogens is 4. The molecular weight excluding hydrogens is 1130 g/mol. The van der Waals surface area contributed by atoms with E-state index in [0.29, 0.717) is 0 Å². The van der Waals surface area contributed by atoms with Crippen molar-refractivity contribution in [2.45, 2.75) is 0 Å². The number of nitrogens with zero attached hydrogens (tertiary/aromatic N) is 8. The Labute approximate surface area is 391 Å². The SMILES string of the molecule is [Pt].[Pt].[c-]1ccccc1N1[CH-]N(c2ccccc2)c2ccccc21.[c-]1ccccc1N1[CH-]N(c2ccccc2)c2ccccc21.c1ccc2[n-]ncc2c1.c1ccc2[n-]ncc2c1. The molecule has 10 heteroatoms. The van der Waals surface area contributed by atoms with Crippen LogP contribution in [0.4, 0.5) is 45.5 Å². The first-order chi connectivity index (χ1) is 29.8. The van der Waals surface area contributed by atoms with E-state index >= 15 is 0 Å². The van der Waals surface area contributed by atoms with Gasteiger partial charge in [-0.05, 0) is 59.3 Å². The molecule has 312 valence electrons. The maximum Gasteiger partial charge on any atom is 0.0344 e. The molecular formula is C52H38N8Pt2-6. The average molecular weight is 1170 g/mol. The summed E-state index contributed by atoms with van der Waals surface area (Å²) in [5.74, 6) is 0. The maximum absolute atomic E-state index is 3.87. The summed E-state index contributed by atoms with van der Waals surface area (Å²) in [6.45, 7) is 4.23. The molecule has 4 heterocycles. The second-order valence-corrected chi connectivity index (χ2v) is 13.7. The van der Waals surface area contributed by atoms with Crippen molar-refractivity contribution in [1.82, 2.24) is 20.4 Å². The predicted molar refractivity (Wildman–Crippen MR) is 244 cm³/mol. The standard InChI is InChI=1S/2C19H14N2.2C7H5N2.2Pt/c2*1-3-9-16(10-4-1)20-15-21(17-11-5-2-6-12-17)19-14-8-7-13-18(19)20;2*1-2-4-7-6(3-1)5-8-9-7;;/h2*1-11,13-15H;2*1-5H;;/q2*-2;2*-1;;. The number of fused-ring (bicyclic) bond motifs is 4. The van der Waals surface area contributed by atoms with Crippen molar-refractivity contribution in [1.29, 1.82) is 0 Å². The van der Waals surface area contributed by atoms with E-state index in [4.69, 9.17) is 0 Å². The Kier molecular flexibility index (Phi) is 14.8. The summed E-state index contributed by atoms with van der Waals surface area (Å²) >= 11 is 0. The van der Waals surface area contributed by atoms with Crippen LogP contribution in [0.3, 0.4) is 0 Å². The molecule has 2 aliphatic heterocycles. The Morgan fingerprint density at radius 1 is 0.355 bits per heavy atom. The fourth-order valence-electron chi connectivity index (χ4n) is 6.95. The van der Waals surface area contributed by atoms with Gasteiger partial charge in [0.15, 0.2) is 0 Å². The molecule has 0 amide bonds. The van der Waals surface area contributed by atoms with Gasteiger partial charge in [0.25, 0.3) is 0 Å².